The molecule has 0 fully saturated rings. The second-order valence-corrected chi connectivity index (χ2v) is 8.83. The zero-order valence-electron chi connectivity index (χ0n) is 19.0. The van der Waals surface area contributed by atoms with Gasteiger partial charge in [-0.25, -0.2) is 10.4 Å². The highest BCUT2D eigenvalue weighted by Gasteiger charge is 2.13. The third kappa shape index (κ3) is 5.32. The van der Waals surface area contributed by atoms with Crippen LogP contribution in [0.2, 0.25) is 0 Å². The lowest BCUT2D eigenvalue weighted by atomic mass is 10.2. The summed E-state index contributed by atoms with van der Waals surface area (Å²) in [5.74, 6) is 1.08. The van der Waals surface area contributed by atoms with E-state index in [1.807, 2.05) is 50.2 Å². The largest absolute Gasteiger partial charge is 0.493 e. The maximum atomic E-state index is 12.4. The minimum Gasteiger partial charge on any atom is -0.493 e. The molecule has 0 radical (unpaired) electrons. The van der Waals surface area contributed by atoms with Gasteiger partial charge < -0.3 is 14.5 Å². The molecule has 0 spiro atoms. The van der Waals surface area contributed by atoms with Crippen LogP contribution in [0.25, 0.3) is 10.2 Å². The fraction of sp³-hybridized carbons (Fsp3) is 0.200. The molecule has 0 bridgehead atoms. The number of rotatable bonds is 8. The van der Waals surface area contributed by atoms with Crippen molar-refractivity contribution < 1.29 is 14.3 Å². The van der Waals surface area contributed by atoms with Gasteiger partial charge in [0.05, 0.1) is 25.1 Å². The number of benzene rings is 2. The fourth-order valence-electron chi connectivity index (χ4n) is 3.37. The van der Waals surface area contributed by atoms with Crippen LogP contribution in [0.3, 0.4) is 0 Å². The van der Waals surface area contributed by atoms with Crippen molar-refractivity contribution in [1.82, 2.24) is 15.4 Å². The molecule has 2 aromatic carbocycles. The molecule has 4 aromatic rings. The van der Waals surface area contributed by atoms with Crippen LogP contribution in [0, 0.1) is 13.8 Å². The van der Waals surface area contributed by atoms with E-state index in [0.29, 0.717) is 34.1 Å². The first-order valence-corrected chi connectivity index (χ1v) is 11.4. The summed E-state index contributed by atoms with van der Waals surface area (Å²) in [5, 5.41) is 4.58. The highest BCUT2D eigenvalue weighted by molar-refractivity contribution is 7.18. The first kappa shape index (κ1) is 23.2. The van der Waals surface area contributed by atoms with Gasteiger partial charge in [-0.1, -0.05) is 30.3 Å². The maximum absolute atomic E-state index is 12.4. The topological polar surface area (TPSA) is 106 Å². The summed E-state index contributed by atoms with van der Waals surface area (Å²) in [7, 11) is 1.56. The van der Waals surface area contributed by atoms with Crippen LogP contribution in [-0.4, -0.2) is 29.2 Å². The molecule has 174 valence electrons. The summed E-state index contributed by atoms with van der Waals surface area (Å²) in [6.07, 6.45) is 1.42. The second kappa shape index (κ2) is 10.3. The van der Waals surface area contributed by atoms with Crippen LogP contribution in [0.15, 0.2) is 58.4 Å². The van der Waals surface area contributed by atoms with Gasteiger partial charge >= 0.3 is 0 Å². The standard InChI is InChI=1S/C25H24N4O4S/c1-15-16(2)34-25-23(15)24(31)27-21(28-25)12-22(30)29-26-13-18-9-10-19(20(11-18)32-3)33-14-17-7-5-4-6-8-17/h4-11,13H,12,14H2,1-3H3,(H,29,30)(H,27,28,31). The molecule has 2 heterocycles. The first-order valence-electron chi connectivity index (χ1n) is 10.6. The molecule has 9 heteroatoms. The van der Waals surface area contributed by atoms with E-state index in [-0.39, 0.29) is 12.0 Å². The molecule has 8 nitrogen and oxygen atoms in total. The number of carbonyl (C=O) groups excluding carboxylic acids is 1. The summed E-state index contributed by atoms with van der Waals surface area (Å²) < 4.78 is 11.3. The number of H-pyrrole nitrogens is 1. The maximum Gasteiger partial charge on any atom is 0.259 e. The van der Waals surface area contributed by atoms with Gasteiger partial charge in [-0.3, -0.25) is 9.59 Å². The molecule has 0 aliphatic heterocycles. The molecule has 0 aliphatic rings. The average Bonchev–Trinajstić information content (AvgIpc) is 3.12. The summed E-state index contributed by atoms with van der Waals surface area (Å²) in [4.78, 5) is 33.4. The SMILES string of the molecule is COc1cc(C=NNC(=O)Cc2nc3sc(C)c(C)c3c(=O)[nH]2)ccc1OCc1ccccc1. The van der Waals surface area contributed by atoms with Crippen LogP contribution < -0.4 is 20.5 Å². The van der Waals surface area contributed by atoms with Crippen LogP contribution in [0.1, 0.15) is 27.4 Å². The Bertz CT molecular complexity index is 1410. The third-order valence-corrected chi connectivity index (χ3v) is 6.34. The van der Waals surface area contributed by atoms with Gasteiger partial charge in [0, 0.05) is 4.88 Å². The van der Waals surface area contributed by atoms with Gasteiger partial charge in [0.15, 0.2) is 11.5 Å². The quantitative estimate of drug-likeness (QED) is 0.297. The molecule has 0 atom stereocenters. The van der Waals surface area contributed by atoms with E-state index in [1.54, 1.807) is 19.2 Å². The lowest BCUT2D eigenvalue weighted by Gasteiger charge is -2.11. The molecular weight excluding hydrogens is 452 g/mol. The van der Waals surface area contributed by atoms with E-state index in [1.165, 1.54) is 17.6 Å². The Morgan fingerprint density at radius 2 is 1.97 bits per heavy atom. The zero-order valence-corrected chi connectivity index (χ0v) is 19.9. The van der Waals surface area contributed by atoms with Gasteiger partial charge in [-0.15, -0.1) is 11.3 Å². The number of ether oxygens (including phenoxy) is 2. The number of aromatic nitrogens is 2. The van der Waals surface area contributed by atoms with E-state index in [4.69, 9.17) is 9.47 Å². The molecule has 0 aliphatic carbocycles. The number of nitrogens with one attached hydrogen (secondary N) is 2. The smallest absolute Gasteiger partial charge is 0.259 e. The Labute approximate surface area is 200 Å². The van der Waals surface area contributed by atoms with Crippen molar-refractivity contribution in [2.45, 2.75) is 26.9 Å². The van der Waals surface area contributed by atoms with E-state index in [9.17, 15) is 9.59 Å². The van der Waals surface area contributed by atoms with E-state index >= 15 is 0 Å². The lowest BCUT2D eigenvalue weighted by Crippen LogP contribution is -2.23. The van der Waals surface area contributed by atoms with Crippen LogP contribution in [0.5, 0.6) is 11.5 Å². The van der Waals surface area contributed by atoms with Gasteiger partial charge in [0.2, 0.25) is 5.91 Å². The van der Waals surface area contributed by atoms with Crippen molar-refractivity contribution in [2.24, 2.45) is 5.10 Å². The Morgan fingerprint density at radius 3 is 2.74 bits per heavy atom. The van der Waals surface area contributed by atoms with Crippen molar-refractivity contribution in [2.75, 3.05) is 7.11 Å². The highest BCUT2D eigenvalue weighted by atomic mass is 32.1. The minimum absolute atomic E-state index is 0.0892. The number of amides is 1. The molecule has 2 aromatic heterocycles. The fourth-order valence-corrected chi connectivity index (χ4v) is 4.42. The number of hydrogen-bond donors (Lipinski definition) is 2. The molecule has 0 unspecified atom stereocenters. The van der Waals surface area contributed by atoms with E-state index < -0.39 is 5.91 Å². The third-order valence-electron chi connectivity index (χ3n) is 5.24. The van der Waals surface area contributed by atoms with Crippen molar-refractivity contribution in [3.8, 4) is 11.5 Å². The minimum atomic E-state index is -0.390. The summed E-state index contributed by atoms with van der Waals surface area (Å²) in [5.41, 5.74) is 4.92. The number of aryl methyl sites for hydroxylation is 2. The first-order chi connectivity index (χ1) is 16.4. The predicted molar refractivity (Wildman–Crippen MR) is 133 cm³/mol. The highest BCUT2D eigenvalue weighted by Crippen LogP contribution is 2.28. The van der Waals surface area contributed by atoms with Crippen LogP contribution >= 0.6 is 11.3 Å². The molecule has 34 heavy (non-hydrogen) atoms. The van der Waals surface area contributed by atoms with Gasteiger partial charge in [-0.2, -0.15) is 5.10 Å². The number of thiophene rings is 1. The van der Waals surface area contributed by atoms with Crippen molar-refractivity contribution in [3.05, 3.63) is 86.3 Å². The number of carbonyl (C=O) groups is 1. The Hall–Kier alpha value is -3.98. The van der Waals surface area contributed by atoms with Crippen LogP contribution in [0.4, 0.5) is 0 Å². The average molecular weight is 477 g/mol. The molecule has 2 N–H and O–H groups in total. The summed E-state index contributed by atoms with van der Waals surface area (Å²) in [6.45, 7) is 4.26. The van der Waals surface area contributed by atoms with E-state index in [0.717, 1.165) is 21.6 Å². The molecule has 0 saturated carbocycles. The second-order valence-electron chi connectivity index (χ2n) is 7.63. The van der Waals surface area contributed by atoms with Gasteiger partial charge in [0.1, 0.15) is 17.3 Å². The molecular formula is C25H24N4O4S. The van der Waals surface area contributed by atoms with Crippen molar-refractivity contribution in [1.29, 1.82) is 0 Å². The van der Waals surface area contributed by atoms with Gasteiger partial charge in [-0.05, 0) is 48.7 Å². The monoisotopic (exact) mass is 476 g/mol. The normalized spacial score (nSPS) is 11.1. The molecule has 1 amide bonds. The Balaban J connectivity index is 1.37. The van der Waals surface area contributed by atoms with Crippen LogP contribution in [-0.2, 0) is 17.8 Å². The molecule has 4 rings (SSSR count). The van der Waals surface area contributed by atoms with Crippen molar-refractivity contribution >= 4 is 33.7 Å². The number of hydrogen-bond acceptors (Lipinski definition) is 7. The number of methoxy groups -OCH3 is 1. The molecule has 0 saturated heterocycles. The number of aromatic amines is 1. The zero-order chi connectivity index (χ0) is 24.1. The Morgan fingerprint density at radius 1 is 1.18 bits per heavy atom. The number of hydrazone groups is 1. The van der Waals surface area contributed by atoms with Crippen molar-refractivity contribution in [3.63, 3.8) is 0 Å². The Kier molecular flexibility index (Phi) is 7.03. The number of nitrogens with zero attached hydrogens (tertiary/aromatic N) is 2. The lowest BCUT2D eigenvalue weighted by molar-refractivity contribution is -0.120. The summed E-state index contributed by atoms with van der Waals surface area (Å²) >= 11 is 1.44. The summed E-state index contributed by atoms with van der Waals surface area (Å²) in [6, 6.07) is 15.2. The number of fused-ring (bicyclic) bond motifs is 1. The van der Waals surface area contributed by atoms with E-state index in [2.05, 4.69) is 20.5 Å². The predicted octanol–water partition coefficient (Wildman–Crippen LogP) is 3.88. The van der Waals surface area contributed by atoms with Gasteiger partial charge in [0.25, 0.3) is 5.56 Å².